The molecule has 0 spiro atoms. The molecule has 3 heterocycles. The van der Waals surface area contributed by atoms with Crippen LogP contribution in [0.5, 0.6) is 0 Å². The van der Waals surface area contributed by atoms with Crippen LogP contribution in [-0.2, 0) is 6.54 Å². The molecular weight excluding hydrogens is 292 g/mol. The number of aromatic nitrogens is 2. The summed E-state index contributed by atoms with van der Waals surface area (Å²) >= 11 is 0. The van der Waals surface area contributed by atoms with E-state index in [0.717, 1.165) is 24.2 Å². The molecule has 1 aliphatic carbocycles. The zero-order valence-electron chi connectivity index (χ0n) is 12.8. The smallest absolute Gasteiger partial charge is 0.321 e. The zero-order valence-corrected chi connectivity index (χ0v) is 12.8. The summed E-state index contributed by atoms with van der Waals surface area (Å²) in [6.45, 7) is 2.03. The van der Waals surface area contributed by atoms with Crippen LogP contribution in [0.2, 0.25) is 0 Å². The third-order valence-corrected chi connectivity index (χ3v) is 4.87. The lowest BCUT2D eigenvalue weighted by atomic mass is 9.68. The summed E-state index contributed by atoms with van der Waals surface area (Å²) in [5.41, 5.74) is 1.91. The van der Waals surface area contributed by atoms with E-state index in [0.29, 0.717) is 13.1 Å². The van der Waals surface area contributed by atoms with E-state index < -0.39 is 0 Å². The van der Waals surface area contributed by atoms with Crippen molar-refractivity contribution in [2.24, 2.45) is 11.8 Å². The molecule has 5 rings (SSSR count). The SMILES string of the molecule is O=C(Nc1cccc(Cn2ccnc2)c1)N1CC2CC(C1)C2O. The molecule has 1 aromatic carbocycles. The molecule has 3 fully saturated rings. The van der Waals surface area contributed by atoms with Gasteiger partial charge in [-0.2, -0.15) is 0 Å². The van der Waals surface area contributed by atoms with Gasteiger partial charge in [0.1, 0.15) is 0 Å². The number of nitrogens with one attached hydrogen (secondary N) is 1. The first kappa shape index (κ1) is 14.3. The largest absolute Gasteiger partial charge is 0.392 e. The van der Waals surface area contributed by atoms with E-state index in [1.54, 1.807) is 12.5 Å². The molecule has 1 saturated carbocycles. The van der Waals surface area contributed by atoms with Crippen LogP contribution in [0.1, 0.15) is 12.0 Å². The summed E-state index contributed by atoms with van der Waals surface area (Å²) in [7, 11) is 0. The minimum atomic E-state index is -0.211. The van der Waals surface area contributed by atoms with Gasteiger partial charge in [-0.1, -0.05) is 12.1 Å². The maximum absolute atomic E-state index is 12.4. The molecule has 2 bridgehead atoms. The molecule has 0 radical (unpaired) electrons. The monoisotopic (exact) mass is 312 g/mol. The summed E-state index contributed by atoms with van der Waals surface area (Å²) in [5, 5.41) is 12.8. The van der Waals surface area contributed by atoms with E-state index in [1.165, 1.54) is 0 Å². The summed E-state index contributed by atoms with van der Waals surface area (Å²) in [6, 6.07) is 7.78. The Hall–Kier alpha value is -2.34. The Balaban J connectivity index is 1.39. The predicted molar refractivity (Wildman–Crippen MR) is 86.0 cm³/mol. The van der Waals surface area contributed by atoms with Crippen molar-refractivity contribution in [3.05, 3.63) is 48.5 Å². The van der Waals surface area contributed by atoms with Gasteiger partial charge in [0.2, 0.25) is 0 Å². The van der Waals surface area contributed by atoms with Gasteiger partial charge in [-0.3, -0.25) is 0 Å². The number of piperidine rings is 2. The molecule has 1 aromatic heterocycles. The molecule has 6 nitrogen and oxygen atoms in total. The van der Waals surface area contributed by atoms with Crippen LogP contribution < -0.4 is 5.32 Å². The number of aliphatic hydroxyl groups excluding tert-OH is 1. The van der Waals surface area contributed by atoms with Gasteiger partial charge in [0.05, 0.1) is 12.4 Å². The molecule has 2 aliphatic heterocycles. The van der Waals surface area contributed by atoms with Crippen molar-refractivity contribution in [3.8, 4) is 0 Å². The first-order valence-electron chi connectivity index (χ1n) is 7.98. The summed E-state index contributed by atoms with van der Waals surface area (Å²) in [6.07, 6.45) is 6.28. The quantitative estimate of drug-likeness (QED) is 0.907. The average molecular weight is 312 g/mol. The molecule has 3 aliphatic rings. The van der Waals surface area contributed by atoms with Gasteiger partial charge in [0, 0.05) is 49.6 Å². The van der Waals surface area contributed by atoms with Crippen molar-refractivity contribution in [3.63, 3.8) is 0 Å². The number of fused-ring (bicyclic) bond motifs is 2. The zero-order chi connectivity index (χ0) is 15.8. The second-order valence-electron chi connectivity index (χ2n) is 6.52. The lowest BCUT2D eigenvalue weighted by Crippen LogP contribution is -2.60. The van der Waals surface area contributed by atoms with Crippen LogP contribution in [0.3, 0.4) is 0 Å². The van der Waals surface area contributed by atoms with E-state index in [4.69, 9.17) is 0 Å². The number of imidazole rings is 1. The predicted octanol–water partition coefficient (Wildman–Crippen LogP) is 1.78. The number of nitrogens with zero attached hydrogens (tertiary/aromatic N) is 3. The highest BCUT2D eigenvalue weighted by Gasteiger charge is 2.46. The lowest BCUT2D eigenvalue weighted by Gasteiger charge is -2.50. The Bertz CT molecular complexity index is 688. The van der Waals surface area contributed by atoms with Gasteiger partial charge in [-0.15, -0.1) is 0 Å². The van der Waals surface area contributed by atoms with Gasteiger partial charge in [0.15, 0.2) is 0 Å². The van der Waals surface area contributed by atoms with Crippen molar-refractivity contribution >= 4 is 11.7 Å². The van der Waals surface area contributed by atoms with Crippen molar-refractivity contribution in [2.75, 3.05) is 18.4 Å². The van der Waals surface area contributed by atoms with Crippen molar-refractivity contribution in [1.82, 2.24) is 14.5 Å². The Morgan fingerprint density at radius 1 is 1.35 bits per heavy atom. The number of hydrogen-bond acceptors (Lipinski definition) is 3. The number of anilines is 1. The number of urea groups is 1. The summed E-state index contributed by atoms with van der Waals surface area (Å²) in [5.74, 6) is 0.513. The van der Waals surface area contributed by atoms with E-state index in [9.17, 15) is 9.90 Å². The van der Waals surface area contributed by atoms with Gasteiger partial charge < -0.3 is 19.9 Å². The molecule has 2 unspecified atom stereocenters. The first-order chi connectivity index (χ1) is 11.2. The number of aliphatic hydroxyl groups is 1. The highest BCUT2D eigenvalue weighted by Crippen LogP contribution is 2.39. The fraction of sp³-hybridized carbons (Fsp3) is 0.412. The molecule has 23 heavy (non-hydrogen) atoms. The van der Waals surface area contributed by atoms with Gasteiger partial charge >= 0.3 is 6.03 Å². The first-order valence-corrected chi connectivity index (χ1v) is 7.98. The molecule has 2 aromatic rings. The molecule has 120 valence electrons. The summed E-state index contributed by atoms with van der Waals surface area (Å²) in [4.78, 5) is 18.2. The third kappa shape index (κ3) is 2.82. The van der Waals surface area contributed by atoms with Gasteiger partial charge in [0.25, 0.3) is 0 Å². The number of rotatable bonds is 3. The third-order valence-electron chi connectivity index (χ3n) is 4.87. The molecule has 2 atom stereocenters. The highest BCUT2D eigenvalue weighted by molar-refractivity contribution is 5.89. The molecule has 2 saturated heterocycles. The second-order valence-corrected chi connectivity index (χ2v) is 6.52. The van der Waals surface area contributed by atoms with Crippen molar-refractivity contribution in [1.29, 1.82) is 0 Å². The van der Waals surface area contributed by atoms with E-state index >= 15 is 0 Å². The molecular formula is C17H20N4O2. The molecule has 6 heteroatoms. The Morgan fingerprint density at radius 2 is 2.17 bits per heavy atom. The number of carbonyl (C=O) groups is 1. The number of hydrogen-bond donors (Lipinski definition) is 2. The fourth-order valence-corrected chi connectivity index (χ4v) is 3.57. The fourth-order valence-electron chi connectivity index (χ4n) is 3.57. The Morgan fingerprint density at radius 3 is 2.87 bits per heavy atom. The van der Waals surface area contributed by atoms with Crippen molar-refractivity contribution < 1.29 is 9.90 Å². The van der Waals surface area contributed by atoms with E-state index in [2.05, 4.69) is 10.3 Å². The number of benzene rings is 1. The highest BCUT2D eigenvalue weighted by atomic mass is 16.3. The maximum atomic E-state index is 12.4. The summed E-state index contributed by atoms with van der Waals surface area (Å²) < 4.78 is 1.99. The van der Waals surface area contributed by atoms with Crippen LogP contribution in [0, 0.1) is 11.8 Å². The van der Waals surface area contributed by atoms with Crippen molar-refractivity contribution in [2.45, 2.75) is 19.1 Å². The molecule has 2 N–H and O–H groups in total. The Kier molecular flexibility index (Phi) is 3.53. The van der Waals surface area contributed by atoms with E-state index in [1.807, 2.05) is 39.9 Å². The lowest BCUT2D eigenvalue weighted by molar-refractivity contribution is -0.0937. The van der Waals surface area contributed by atoms with Crippen LogP contribution in [0.15, 0.2) is 43.0 Å². The van der Waals surface area contributed by atoms with E-state index in [-0.39, 0.29) is 24.0 Å². The Labute approximate surface area is 134 Å². The number of amides is 2. The minimum absolute atomic E-state index is 0.0774. The van der Waals surface area contributed by atoms with Crippen LogP contribution in [0.4, 0.5) is 10.5 Å². The van der Waals surface area contributed by atoms with Gasteiger partial charge in [-0.25, -0.2) is 9.78 Å². The maximum Gasteiger partial charge on any atom is 0.321 e. The number of carbonyl (C=O) groups excluding carboxylic acids is 1. The van der Waals surface area contributed by atoms with Crippen LogP contribution >= 0.6 is 0 Å². The normalized spacial score (nSPS) is 25.8. The minimum Gasteiger partial charge on any atom is -0.392 e. The molecule has 2 amide bonds. The average Bonchev–Trinajstić information content (AvgIpc) is 3.07. The van der Waals surface area contributed by atoms with Crippen LogP contribution in [0.25, 0.3) is 0 Å². The standard InChI is InChI=1S/C17H20N4O2/c22-16-13-7-14(16)10-21(9-13)17(23)19-15-3-1-2-12(6-15)8-20-5-4-18-11-20/h1-6,11,13-14,16,22H,7-10H2,(H,19,23). The topological polar surface area (TPSA) is 70.4 Å². The van der Waals surface area contributed by atoms with Gasteiger partial charge in [-0.05, 0) is 24.1 Å². The second kappa shape index (κ2) is 5.70. The van der Waals surface area contributed by atoms with Crippen LogP contribution in [-0.4, -0.2) is 44.8 Å².